The predicted octanol–water partition coefficient (Wildman–Crippen LogP) is 1.72. The van der Waals surface area contributed by atoms with Crippen LogP contribution in [0.3, 0.4) is 0 Å². The molecule has 0 heterocycles. The molecule has 1 N–H and O–H groups in total. The molecule has 92 valence electrons. The number of hydrogen-bond donors (Lipinski definition) is 1. The number of esters is 1. The maximum absolute atomic E-state index is 10.8. The topological polar surface area (TPSA) is 72.8 Å². The van der Waals surface area contributed by atoms with Crippen molar-refractivity contribution < 1.29 is 24.2 Å². The van der Waals surface area contributed by atoms with Gasteiger partial charge in [0.25, 0.3) is 0 Å². The highest BCUT2D eigenvalue weighted by molar-refractivity contribution is 5.87. The number of carbonyl (C=O) groups excluding carboxylic acids is 1. The summed E-state index contributed by atoms with van der Waals surface area (Å²) in [6.07, 6.45) is 0.341. The van der Waals surface area contributed by atoms with E-state index in [1.54, 1.807) is 19.1 Å². The van der Waals surface area contributed by atoms with Gasteiger partial charge in [0.15, 0.2) is 0 Å². The van der Waals surface area contributed by atoms with E-state index in [0.29, 0.717) is 12.2 Å². The zero-order valence-corrected chi connectivity index (χ0v) is 9.51. The lowest BCUT2D eigenvalue weighted by Crippen LogP contribution is -2.11. The Morgan fingerprint density at radius 3 is 2.35 bits per heavy atom. The first-order chi connectivity index (χ1) is 8.13. The van der Waals surface area contributed by atoms with Crippen LogP contribution in [0.25, 0.3) is 0 Å². The van der Waals surface area contributed by atoms with E-state index in [0.717, 1.165) is 0 Å². The highest BCUT2D eigenvalue weighted by Crippen LogP contribution is 2.11. The molecule has 0 saturated carbocycles. The third-order valence-electron chi connectivity index (χ3n) is 2.01. The van der Waals surface area contributed by atoms with Gasteiger partial charge in [-0.05, 0) is 24.3 Å². The molecule has 0 aliphatic rings. The van der Waals surface area contributed by atoms with E-state index in [1.807, 2.05) is 0 Å². The molecule has 0 saturated heterocycles. The van der Waals surface area contributed by atoms with Gasteiger partial charge in [0.1, 0.15) is 19.0 Å². The van der Waals surface area contributed by atoms with Gasteiger partial charge in [-0.25, -0.2) is 4.79 Å². The SMILES string of the molecule is CCC(=O)OCCOc1ccc(C(=O)O)cc1. The van der Waals surface area contributed by atoms with Gasteiger partial charge in [0.05, 0.1) is 5.56 Å². The number of rotatable bonds is 6. The molecule has 5 heteroatoms. The molecule has 0 fully saturated rings. The molecule has 5 nitrogen and oxygen atoms in total. The second-order valence-corrected chi connectivity index (χ2v) is 3.25. The number of carboxylic acids is 1. The monoisotopic (exact) mass is 238 g/mol. The summed E-state index contributed by atoms with van der Waals surface area (Å²) >= 11 is 0. The molecule has 0 radical (unpaired) electrons. The highest BCUT2D eigenvalue weighted by atomic mass is 16.6. The molecule has 0 aromatic heterocycles. The van der Waals surface area contributed by atoms with Crippen molar-refractivity contribution in [2.75, 3.05) is 13.2 Å². The lowest BCUT2D eigenvalue weighted by Gasteiger charge is -2.06. The van der Waals surface area contributed by atoms with Crippen LogP contribution in [0, 0.1) is 0 Å². The molecule has 0 amide bonds. The first kappa shape index (κ1) is 13.0. The van der Waals surface area contributed by atoms with Gasteiger partial charge in [-0.1, -0.05) is 6.92 Å². The average Bonchev–Trinajstić information content (AvgIpc) is 2.34. The van der Waals surface area contributed by atoms with Crippen LogP contribution in [0.4, 0.5) is 0 Å². The van der Waals surface area contributed by atoms with Crippen molar-refractivity contribution >= 4 is 11.9 Å². The smallest absolute Gasteiger partial charge is 0.335 e. The maximum Gasteiger partial charge on any atom is 0.335 e. The molecule has 0 atom stereocenters. The van der Waals surface area contributed by atoms with Gasteiger partial charge >= 0.3 is 11.9 Å². The third kappa shape index (κ3) is 4.55. The molecule has 0 aliphatic carbocycles. The minimum atomic E-state index is -0.978. The second kappa shape index (κ2) is 6.52. The fourth-order valence-electron chi connectivity index (χ4n) is 1.11. The Bertz CT molecular complexity index is 382. The van der Waals surface area contributed by atoms with Crippen molar-refractivity contribution in [3.63, 3.8) is 0 Å². The zero-order chi connectivity index (χ0) is 12.7. The summed E-state index contributed by atoms with van der Waals surface area (Å²) < 4.78 is 10.1. The number of benzene rings is 1. The molecular formula is C12H14O5. The standard InChI is InChI=1S/C12H14O5/c1-2-11(13)17-8-7-16-10-5-3-9(4-6-10)12(14)15/h3-6H,2,7-8H2,1H3,(H,14,15). The van der Waals surface area contributed by atoms with Crippen molar-refractivity contribution in [2.24, 2.45) is 0 Å². The van der Waals surface area contributed by atoms with Crippen molar-refractivity contribution in [2.45, 2.75) is 13.3 Å². The van der Waals surface area contributed by atoms with Crippen LogP contribution in [-0.2, 0) is 9.53 Å². The molecule has 17 heavy (non-hydrogen) atoms. The summed E-state index contributed by atoms with van der Waals surface area (Å²) in [5.41, 5.74) is 0.203. The second-order valence-electron chi connectivity index (χ2n) is 3.25. The van der Waals surface area contributed by atoms with Crippen LogP contribution < -0.4 is 4.74 Å². The summed E-state index contributed by atoms with van der Waals surface area (Å²) in [6, 6.07) is 6.03. The van der Waals surface area contributed by atoms with E-state index >= 15 is 0 Å². The van der Waals surface area contributed by atoms with Gasteiger partial charge in [0.2, 0.25) is 0 Å². The Morgan fingerprint density at radius 1 is 1.18 bits per heavy atom. The molecule has 1 rings (SSSR count). The van der Waals surface area contributed by atoms with E-state index in [2.05, 4.69) is 0 Å². The lowest BCUT2D eigenvalue weighted by molar-refractivity contribution is -0.143. The number of ether oxygens (including phenoxy) is 2. The van der Waals surface area contributed by atoms with Crippen LogP contribution in [0.5, 0.6) is 5.75 Å². The van der Waals surface area contributed by atoms with Crippen LogP contribution in [0.1, 0.15) is 23.7 Å². The Hall–Kier alpha value is -2.04. The number of aromatic carboxylic acids is 1. The molecule has 0 aliphatic heterocycles. The Labute approximate surface area is 99.0 Å². The fourth-order valence-corrected chi connectivity index (χ4v) is 1.11. The molecule has 0 spiro atoms. The summed E-state index contributed by atoms with van der Waals surface area (Å²) in [7, 11) is 0. The molecule has 0 unspecified atom stereocenters. The molecule has 0 bridgehead atoms. The minimum absolute atomic E-state index is 0.188. The summed E-state index contributed by atoms with van der Waals surface area (Å²) in [6.45, 7) is 2.15. The number of hydrogen-bond acceptors (Lipinski definition) is 4. The molecule has 1 aromatic rings. The Morgan fingerprint density at radius 2 is 1.82 bits per heavy atom. The van der Waals surface area contributed by atoms with Gasteiger partial charge in [-0.3, -0.25) is 4.79 Å². The van der Waals surface area contributed by atoms with Gasteiger partial charge in [0, 0.05) is 6.42 Å². The predicted molar refractivity (Wildman–Crippen MR) is 60.1 cm³/mol. The van der Waals surface area contributed by atoms with Gasteiger partial charge in [-0.15, -0.1) is 0 Å². The normalized spacial score (nSPS) is 9.71. The van der Waals surface area contributed by atoms with Crippen molar-refractivity contribution in [1.82, 2.24) is 0 Å². The van der Waals surface area contributed by atoms with E-state index in [-0.39, 0.29) is 24.7 Å². The van der Waals surface area contributed by atoms with Crippen molar-refractivity contribution in [1.29, 1.82) is 0 Å². The van der Waals surface area contributed by atoms with Crippen LogP contribution in [0.15, 0.2) is 24.3 Å². The largest absolute Gasteiger partial charge is 0.490 e. The van der Waals surface area contributed by atoms with Crippen LogP contribution >= 0.6 is 0 Å². The average molecular weight is 238 g/mol. The molecular weight excluding hydrogens is 224 g/mol. The van der Waals surface area contributed by atoms with Gasteiger partial charge < -0.3 is 14.6 Å². The maximum atomic E-state index is 10.8. The van der Waals surface area contributed by atoms with Crippen molar-refractivity contribution in [3.8, 4) is 5.75 Å². The number of carboxylic acid groups (broad SMARTS) is 1. The minimum Gasteiger partial charge on any atom is -0.490 e. The first-order valence-electron chi connectivity index (χ1n) is 5.25. The zero-order valence-electron chi connectivity index (χ0n) is 9.51. The first-order valence-corrected chi connectivity index (χ1v) is 5.25. The van der Waals surface area contributed by atoms with Crippen LogP contribution in [0.2, 0.25) is 0 Å². The van der Waals surface area contributed by atoms with E-state index < -0.39 is 5.97 Å². The summed E-state index contributed by atoms with van der Waals surface area (Å²) in [5.74, 6) is -0.703. The van der Waals surface area contributed by atoms with Crippen molar-refractivity contribution in [3.05, 3.63) is 29.8 Å². The Kier molecular flexibility index (Phi) is 5.00. The fraction of sp³-hybridized carbons (Fsp3) is 0.333. The summed E-state index contributed by atoms with van der Waals surface area (Å²) in [5, 5.41) is 8.68. The summed E-state index contributed by atoms with van der Waals surface area (Å²) in [4.78, 5) is 21.4. The van der Waals surface area contributed by atoms with Gasteiger partial charge in [-0.2, -0.15) is 0 Å². The van der Waals surface area contributed by atoms with E-state index in [1.165, 1.54) is 12.1 Å². The lowest BCUT2D eigenvalue weighted by atomic mass is 10.2. The Balaban J connectivity index is 2.32. The quantitative estimate of drug-likeness (QED) is 0.603. The molecule has 1 aromatic carbocycles. The highest BCUT2D eigenvalue weighted by Gasteiger charge is 2.02. The van der Waals surface area contributed by atoms with E-state index in [9.17, 15) is 9.59 Å². The van der Waals surface area contributed by atoms with E-state index in [4.69, 9.17) is 14.6 Å². The van der Waals surface area contributed by atoms with Crippen LogP contribution in [-0.4, -0.2) is 30.3 Å². The third-order valence-corrected chi connectivity index (χ3v) is 2.01. The number of carbonyl (C=O) groups is 2.